The average Bonchev–Trinajstić information content (AvgIpc) is 2.80. The van der Waals surface area contributed by atoms with Crippen molar-refractivity contribution in [3.8, 4) is 0 Å². The molecule has 2 aromatic carbocycles. The first-order chi connectivity index (χ1) is 14.2. The molecule has 0 aliphatic carbocycles. The second-order valence-corrected chi connectivity index (χ2v) is 7.57. The first-order valence-electron chi connectivity index (χ1n) is 10.3. The van der Waals surface area contributed by atoms with Crippen molar-refractivity contribution in [2.75, 3.05) is 49.6 Å². The van der Waals surface area contributed by atoms with Crippen molar-refractivity contribution in [2.45, 2.75) is 12.8 Å². The number of nitrogens with one attached hydrogen (secondary N) is 1. The lowest BCUT2D eigenvalue weighted by atomic mass is 9.95. The van der Waals surface area contributed by atoms with Crippen molar-refractivity contribution in [1.29, 1.82) is 0 Å². The second kappa shape index (κ2) is 9.09. The molecule has 29 heavy (non-hydrogen) atoms. The van der Waals surface area contributed by atoms with E-state index in [0.29, 0.717) is 31.5 Å². The number of amides is 2. The molecule has 152 valence electrons. The molecule has 0 bridgehead atoms. The number of ether oxygens (including phenoxy) is 1. The summed E-state index contributed by atoms with van der Waals surface area (Å²) in [7, 11) is 0. The first kappa shape index (κ1) is 19.5. The van der Waals surface area contributed by atoms with Crippen LogP contribution in [0.1, 0.15) is 23.2 Å². The van der Waals surface area contributed by atoms with Gasteiger partial charge in [0.15, 0.2) is 0 Å². The quantitative estimate of drug-likeness (QED) is 0.867. The molecule has 2 saturated heterocycles. The molecule has 2 amide bonds. The molecule has 4 rings (SSSR count). The summed E-state index contributed by atoms with van der Waals surface area (Å²) in [6.07, 6.45) is 1.38. The Morgan fingerprint density at radius 2 is 1.62 bits per heavy atom. The minimum atomic E-state index is -0.0677. The number of nitrogens with zero attached hydrogens (tertiary/aromatic N) is 2. The van der Waals surface area contributed by atoms with Gasteiger partial charge >= 0.3 is 0 Å². The van der Waals surface area contributed by atoms with Gasteiger partial charge in [-0.15, -0.1) is 0 Å². The van der Waals surface area contributed by atoms with Gasteiger partial charge in [-0.3, -0.25) is 9.59 Å². The molecule has 2 aliphatic rings. The minimum absolute atomic E-state index is 0.0379. The van der Waals surface area contributed by atoms with Gasteiger partial charge in [-0.25, -0.2) is 0 Å². The third-order valence-corrected chi connectivity index (χ3v) is 5.66. The summed E-state index contributed by atoms with van der Waals surface area (Å²) in [6.45, 7) is 4.42. The molecule has 0 aromatic heterocycles. The zero-order valence-corrected chi connectivity index (χ0v) is 16.5. The summed E-state index contributed by atoms with van der Waals surface area (Å²) in [6, 6.07) is 17.3. The van der Waals surface area contributed by atoms with E-state index >= 15 is 0 Å². The zero-order chi connectivity index (χ0) is 20.1. The molecule has 0 unspecified atom stereocenters. The average molecular weight is 393 g/mol. The number of anilines is 2. The molecule has 0 spiro atoms. The van der Waals surface area contributed by atoms with Crippen LogP contribution in [-0.2, 0) is 9.53 Å². The van der Waals surface area contributed by atoms with E-state index in [9.17, 15) is 9.59 Å². The van der Waals surface area contributed by atoms with Crippen molar-refractivity contribution < 1.29 is 14.3 Å². The van der Waals surface area contributed by atoms with E-state index in [-0.39, 0.29) is 17.7 Å². The molecule has 1 N–H and O–H groups in total. The lowest BCUT2D eigenvalue weighted by Gasteiger charge is -2.31. The van der Waals surface area contributed by atoms with Gasteiger partial charge in [0.1, 0.15) is 0 Å². The fourth-order valence-electron chi connectivity index (χ4n) is 3.95. The summed E-state index contributed by atoms with van der Waals surface area (Å²) in [5.41, 5.74) is 2.63. The van der Waals surface area contributed by atoms with Gasteiger partial charge in [0.05, 0.1) is 13.2 Å². The summed E-state index contributed by atoms with van der Waals surface area (Å²) in [5.74, 6) is 0.0143. The van der Waals surface area contributed by atoms with Crippen LogP contribution in [0.25, 0.3) is 0 Å². The molecule has 0 atom stereocenters. The van der Waals surface area contributed by atoms with E-state index in [1.165, 1.54) is 0 Å². The van der Waals surface area contributed by atoms with Crippen LogP contribution in [0.5, 0.6) is 0 Å². The molecule has 2 aliphatic heterocycles. The predicted molar refractivity (Wildman–Crippen MR) is 113 cm³/mol. The molecule has 2 fully saturated rings. The molecule has 6 nitrogen and oxygen atoms in total. The van der Waals surface area contributed by atoms with Gasteiger partial charge in [0.25, 0.3) is 5.91 Å². The Kier molecular flexibility index (Phi) is 6.10. The minimum Gasteiger partial charge on any atom is -0.378 e. The van der Waals surface area contributed by atoms with E-state index in [4.69, 9.17) is 4.74 Å². The Bertz CT molecular complexity index is 841. The summed E-state index contributed by atoms with van der Waals surface area (Å²) in [4.78, 5) is 29.4. The topological polar surface area (TPSA) is 61.9 Å². The first-order valence-corrected chi connectivity index (χ1v) is 10.3. The second-order valence-electron chi connectivity index (χ2n) is 7.57. The van der Waals surface area contributed by atoms with Gasteiger partial charge in [0, 0.05) is 49.0 Å². The maximum absolute atomic E-state index is 12.8. The molecule has 2 heterocycles. The van der Waals surface area contributed by atoms with Crippen molar-refractivity contribution >= 4 is 23.2 Å². The van der Waals surface area contributed by atoms with E-state index in [0.717, 1.165) is 37.7 Å². The van der Waals surface area contributed by atoms with Gasteiger partial charge in [-0.1, -0.05) is 24.3 Å². The van der Waals surface area contributed by atoms with Crippen LogP contribution in [-0.4, -0.2) is 56.1 Å². The fourth-order valence-corrected chi connectivity index (χ4v) is 3.95. The molecule has 0 radical (unpaired) electrons. The monoisotopic (exact) mass is 393 g/mol. The number of rotatable bonds is 4. The highest BCUT2D eigenvalue weighted by atomic mass is 16.5. The number of hydrogen-bond acceptors (Lipinski definition) is 4. The van der Waals surface area contributed by atoms with Crippen LogP contribution in [0.3, 0.4) is 0 Å². The molecular formula is C23H27N3O3. The Morgan fingerprint density at radius 1 is 0.897 bits per heavy atom. The SMILES string of the molecule is O=C(Nc1cccc(N2CCOCC2)c1)C1CCN(C(=O)c2ccccc2)CC1. The highest BCUT2D eigenvalue weighted by molar-refractivity contribution is 5.95. The fraction of sp³-hybridized carbons (Fsp3) is 0.391. The van der Waals surface area contributed by atoms with Gasteiger partial charge in [-0.2, -0.15) is 0 Å². The summed E-state index contributed by atoms with van der Waals surface area (Å²) in [5, 5.41) is 3.07. The van der Waals surface area contributed by atoms with Crippen molar-refractivity contribution in [1.82, 2.24) is 4.90 Å². The van der Waals surface area contributed by atoms with Crippen LogP contribution in [0.15, 0.2) is 54.6 Å². The molecule has 2 aromatic rings. The maximum Gasteiger partial charge on any atom is 0.253 e. The summed E-state index contributed by atoms with van der Waals surface area (Å²) >= 11 is 0. The zero-order valence-electron chi connectivity index (χ0n) is 16.5. The van der Waals surface area contributed by atoms with Crippen LogP contribution in [0.4, 0.5) is 11.4 Å². The van der Waals surface area contributed by atoms with Crippen LogP contribution in [0.2, 0.25) is 0 Å². The molecular weight excluding hydrogens is 366 g/mol. The Balaban J connectivity index is 1.31. The van der Waals surface area contributed by atoms with Gasteiger partial charge < -0.3 is 19.9 Å². The van der Waals surface area contributed by atoms with E-state index in [2.05, 4.69) is 16.3 Å². The van der Waals surface area contributed by atoms with E-state index in [1.54, 1.807) is 0 Å². The van der Waals surface area contributed by atoms with Crippen LogP contribution < -0.4 is 10.2 Å². The highest BCUT2D eigenvalue weighted by Crippen LogP contribution is 2.24. The van der Waals surface area contributed by atoms with Gasteiger partial charge in [-0.05, 0) is 43.2 Å². The number of likely N-dealkylation sites (tertiary alicyclic amines) is 1. The number of morpholine rings is 1. The van der Waals surface area contributed by atoms with Crippen molar-refractivity contribution in [2.24, 2.45) is 5.92 Å². The lowest BCUT2D eigenvalue weighted by Crippen LogP contribution is -2.41. The largest absolute Gasteiger partial charge is 0.378 e. The standard InChI is InChI=1S/C23H27N3O3/c27-22(24-20-7-4-8-21(17-20)25-13-15-29-16-14-25)18-9-11-26(12-10-18)23(28)19-5-2-1-3-6-19/h1-8,17-18H,9-16H2,(H,24,27). The Morgan fingerprint density at radius 3 is 2.34 bits per heavy atom. The van der Waals surface area contributed by atoms with Crippen molar-refractivity contribution in [3.63, 3.8) is 0 Å². The van der Waals surface area contributed by atoms with E-state index < -0.39 is 0 Å². The molecule has 0 saturated carbocycles. The smallest absolute Gasteiger partial charge is 0.253 e. The third-order valence-electron chi connectivity index (χ3n) is 5.66. The van der Waals surface area contributed by atoms with Crippen molar-refractivity contribution in [3.05, 3.63) is 60.2 Å². The number of benzene rings is 2. The number of piperidine rings is 1. The van der Waals surface area contributed by atoms with Crippen LogP contribution >= 0.6 is 0 Å². The Labute approximate surface area is 171 Å². The maximum atomic E-state index is 12.8. The van der Waals surface area contributed by atoms with Gasteiger partial charge in [0.2, 0.25) is 5.91 Å². The highest BCUT2D eigenvalue weighted by Gasteiger charge is 2.28. The molecule has 6 heteroatoms. The normalized spacial score (nSPS) is 17.8. The van der Waals surface area contributed by atoms with E-state index in [1.807, 2.05) is 53.4 Å². The summed E-state index contributed by atoms with van der Waals surface area (Å²) < 4.78 is 5.41. The lowest BCUT2D eigenvalue weighted by molar-refractivity contribution is -0.121. The Hall–Kier alpha value is -2.86. The number of hydrogen-bond donors (Lipinski definition) is 1. The third kappa shape index (κ3) is 4.77. The predicted octanol–water partition coefficient (Wildman–Crippen LogP) is 3.01. The number of carbonyl (C=O) groups excluding carboxylic acids is 2. The van der Waals surface area contributed by atoms with Crippen LogP contribution in [0, 0.1) is 5.92 Å². The number of carbonyl (C=O) groups is 2.